The molecule has 0 saturated carbocycles. The molecule has 8 nitrogen and oxygen atoms in total. The number of rotatable bonds is 8. The zero-order chi connectivity index (χ0) is 25.8. The Balaban J connectivity index is 1.99. The molecule has 1 heterocycles. The van der Waals surface area contributed by atoms with Gasteiger partial charge in [0.15, 0.2) is 0 Å². The van der Waals surface area contributed by atoms with Gasteiger partial charge in [0.25, 0.3) is 5.91 Å². The average molecular weight is 494 g/mol. The number of hydrogen-bond acceptors (Lipinski definition) is 5. The molecule has 4 N–H and O–H groups in total. The van der Waals surface area contributed by atoms with E-state index in [4.69, 9.17) is 10.5 Å². The number of nitrogens with two attached hydrogens (primary N) is 1. The number of anilines is 1. The minimum atomic E-state index is -4.56. The molecule has 2 aromatic rings. The molecule has 2 aromatic carbocycles. The summed E-state index contributed by atoms with van der Waals surface area (Å²) in [5, 5.41) is 4.63. The predicted octanol–water partition coefficient (Wildman–Crippen LogP) is 2.90. The van der Waals surface area contributed by atoms with Crippen molar-refractivity contribution in [2.45, 2.75) is 31.6 Å². The summed E-state index contributed by atoms with van der Waals surface area (Å²) in [6, 6.07) is 10.6. The number of halogens is 4. The fourth-order valence-corrected chi connectivity index (χ4v) is 3.55. The Morgan fingerprint density at radius 1 is 1.23 bits per heavy atom. The molecular weight excluding hydrogens is 472 g/mol. The van der Waals surface area contributed by atoms with Crippen LogP contribution in [0.2, 0.25) is 0 Å². The van der Waals surface area contributed by atoms with Crippen LogP contribution in [0.25, 0.3) is 0 Å². The molecule has 35 heavy (non-hydrogen) atoms. The van der Waals surface area contributed by atoms with Gasteiger partial charge in [0.05, 0.1) is 18.5 Å². The lowest BCUT2D eigenvalue weighted by molar-refractivity contribution is -0.143. The molecule has 186 valence electrons. The van der Waals surface area contributed by atoms with Gasteiger partial charge in [-0.1, -0.05) is 24.3 Å². The van der Waals surface area contributed by atoms with Crippen molar-refractivity contribution < 1.29 is 36.7 Å². The first-order valence-electron chi connectivity index (χ1n) is 10.5. The zero-order valence-corrected chi connectivity index (χ0v) is 18.5. The van der Waals surface area contributed by atoms with Gasteiger partial charge in [-0.25, -0.2) is 9.38 Å². The molecule has 2 unspecified atom stereocenters. The van der Waals surface area contributed by atoms with Crippen molar-refractivity contribution in [1.29, 1.82) is 0 Å². The van der Waals surface area contributed by atoms with Crippen LogP contribution >= 0.6 is 0 Å². The molecule has 0 bridgehead atoms. The van der Waals surface area contributed by atoms with E-state index in [-0.39, 0.29) is 17.0 Å². The zero-order valence-electron chi connectivity index (χ0n) is 18.5. The monoisotopic (exact) mass is 494 g/mol. The minimum Gasteiger partial charge on any atom is -0.497 e. The van der Waals surface area contributed by atoms with Crippen LogP contribution in [0.4, 0.5) is 23.2 Å². The van der Waals surface area contributed by atoms with Crippen LogP contribution in [0.1, 0.15) is 30.4 Å². The number of ether oxygens (including phenoxy) is 1. The number of nitrogens with one attached hydrogen (secondary N) is 2. The molecule has 12 heteroatoms. The Kier molecular flexibility index (Phi) is 7.72. The van der Waals surface area contributed by atoms with Crippen LogP contribution in [0.15, 0.2) is 47.5 Å². The molecule has 3 rings (SSSR count). The summed E-state index contributed by atoms with van der Waals surface area (Å²) in [4.78, 5) is 41.2. The lowest BCUT2D eigenvalue weighted by Gasteiger charge is -2.19. The normalized spacial score (nSPS) is 16.3. The summed E-state index contributed by atoms with van der Waals surface area (Å²) in [5.74, 6) is -4.67. The number of primary amides is 1. The highest BCUT2D eigenvalue weighted by atomic mass is 19.4. The third-order valence-electron chi connectivity index (χ3n) is 5.24. The fraction of sp³-hybridized carbons (Fsp3) is 0.304. The lowest BCUT2D eigenvalue weighted by atomic mass is 9.97. The Morgan fingerprint density at radius 2 is 1.94 bits per heavy atom. The number of hydrogen-bond donors (Lipinski definition) is 3. The Hall–Kier alpha value is -3.96. The quantitative estimate of drug-likeness (QED) is 0.489. The minimum absolute atomic E-state index is 0.129. The number of amides is 3. The smallest absolute Gasteiger partial charge is 0.389 e. The summed E-state index contributed by atoms with van der Waals surface area (Å²) in [5.41, 5.74) is 5.69. The van der Waals surface area contributed by atoms with Gasteiger partial charge in [0.1, 0.15) is 11.6 Å². The average Bonchev–Trinajstić information content (AvgIpc) is 2.93. The molecule has 0 fully saturated rings. The van der Waals surface area contributed by atoms with Gasteiger partial charge in [0, 0.05) is 29.9 Å². The SMILES string of the molecule is COc1cccc(C2=NC(NC(=O)C(CCC(F)(F)F)CC(N)=O)C(=O)Nc3c(F)cccc32)c1. The van der Waals surface area contributed by atoms with Gasteiger partial charge in [-0.2, -0.15) is 13.2 Å². The van der Waals surface area contributed by atoms with E-state index < -0.39 is 61.1 Å². The molecule has 1 aliphatic heterocycles. The number of alkyl halides is 3. The van der Waals surface area contributed by atoms with Crippen LogP contribution in [-0.2, 0) is 14.4 Å². The molecular formula is C23H22F4N4O4. The molecule has 2 atom stereocenters. The van der Waals surface area contributed by atoms with Crippen molar-refractivity contribution in [2.75, 3.05) is 12.4 Å². The summed E-state index contributed by atoms with van der Waals surface area (Å²) in [6.07, 6.45) is -8.89. The maximum absolute atomic E-state index is 14.6. The van der Waals surface area contributed by atoms with Crippen molar-refractivity contribution in [3.8, 4) is 5.75 Å². The van der Waals surface area contributed by atoms with Crippen LogP contribution in [-0.4, -0.2) is 42.9 Å². The van der Waals surface area contributed by atoms with Crippen LogP contribution < -0.4 is 21.1 Å². The van der Waals surface area contributed by atoms with Crippen molar-refractivity contribution in [1.82, 2.24) is 5.32 Å². The number of para-hydroxylation sites is 1. The lowest BCUT2D eigenvalue weighted by Crippen LogP contribution is -2.45. The maximum atomic E-state index is 14.6. The van der Waals surface area contributed by atoms with Crippen molar-refractivity contribution in [3.05, 3.63) is 59.4 Å². The number of fused-ring (bicyclic) bond motifs is 1. The third-order valence-corrected chi connectivity index (χ3v) is 5.24. The van der Waals surface area contributed by atoms with Crippen molar-refractivity contribution in [2.24, 2.45) is 16.6 Å². The molecule has 1 aliphatic rings. The van der Waals surface area contributed by atoms with E-state index in [1.807, 2.05) is 0 Å². The Bertz CT molecular complexity index is 1170. The van der Waals surface area contributed by atoms with Gasteiger partial charge in [-0.05, 0) is 24.6 Å². The van der Waals surface area contributed by atoms with E-state index in [2.05, 4.69) is 15.6 Å². The highest BCUT2D eigenvalue weighted by molar-refractivity contribution is 6.20. The molecule has 0 saturated heterocycles. The number of benzodiazepines with no additional fused rings is 1. The number of nitrogens with zero attached hydrogens (tertiary/aromatic N) is 1. The number of benzene rings is 2. The summed E-state index contributed by atoms with van der Waals surface area (Å²) in [6.45, 7) is 0. The van der Waals surface area contributed by atoms with Crippen LogP contribution in [0.5, 0.6) is 5.75 Å². The third kappa shape index (κ3) is 6.55. The van der Waals surface area contributed by atoms with Gasteiger partial charge in [-0.15, -0.1) is 0 Å². The molecule has 3 amide bonds. The number of aliphatic imine (C=N–C) groups is 1. The number of carbonyl (C=O) groups is 3. The fourth-order valence-electron chi connectivity index (χ4n) is 3.55. The second-order valence-corrected chi connectivity index (χ2v) is 7.79. The molecule has 0 aliphatic carbocycles. The summed E-state index contributed by atoms with van der Waals surface area (Å²) in [7, 11) is 1.44. The van der Waals surface area contributed by atoms with Crippen LogP contribution in [0, 0.1) is 11.7 Å². The largest absolute Gasteiger partial charge is 0.497 e. The van der Waals surface area contributed by atoms with E-state index >= 15 is 0 Å². The predicted molar refractivity (Wildman–Crippen MR) is 118 cm³/mol. The topological polar surface area (TPSA) is 123 Å². The summed E-state index contributed by atoms with van der Waals surface area (Å²) >= 11 is 0. The van der Waals surface area contributed by atoms with Gasteiger partial charge in [-0.3, -0.25) is 14.4 Å². The Morgan fingerprint density at radius 3 is 2.60 bits per heavy atom. The highest BCUT2D eigenvalue weighted by Crippen LogP contribution is 2.29. The van der Waals surface area contributed by atoms with Crippen molar-refractivity contribution >= 4 is 29.1 Å². The van der Waals surface area contributed by atoms with E-state index in [0.29, 0.717) is 11.3 Å². The summed E-state index contributed by atoms with van der Waals surface area (Å²) < 4.78 is 57.9. The second kappa shape index (κ2) is 10.5. The number of carbonyl (C=O) groups excluding carboxylic acids is 3. The molecule has 0 spiro atoms. The van der Waals surface area contributed by atoms with E-state index in [9.17, 15) is 31.9 Å². The van der Waals surface area contributed by atoms with Gasteiger partial charge < -0.3 is 21.1 Å². The first-order valence-corrected chi connectivity index (χ1v) is 10.5. The van der Waals surface area contributed by atoms with Crippen molar-refractivity contribution in [3.63, 3.8) is 0 Å². The van der Waals surface area contributed by atoms with E-state index in [1.165, 1.54) is 19.2 Å². The van der Waals surface area contributed by atoms with E-state index in [0.717, 1.165) is 6.07 Å². The van der Waals surface area contributed by atoms with Crippen LogP contribution in [0.3, 0.4) is 0 Å². The first-order chi connectivity index (χ1) is 16.5. The first kappa shape index (κ1) is 25.7. The maximum Gasteiger partial charge on any atom is 0.389 e. The van der Waals surface area contributed by atoms with E-state index in [1.54, 1.807) is 24.3 Å². The highest BCUT2D eigenvalue weighted by Gasteiger charge is 2.34. The molecule has 0 radical (unpaired) electrons. The molecule has 0 aromatic heterocycles. The van der Waals surface area contributed by atoms with Gasteiger partial charge >= 0.3 is 6.18 Å². The van der Waals surface area contributed by atoms with Gasteiger partial charge in [0.2, 0.25) is 18.0 Å². The standard InChI is InChI=1S/C23H22F4N4O4/c1-35-14-5-2-4-12(10-14)18-15-6-3-7-16(24)19(15)30-22(34)20(29-18)31-21(33)13(11-17(28)32)8-9-23(25,26)27/h2-7,10,13,20H,8-9,11H2,1H3,(H2,28,32)(H,30,34)(H,31,33). The Labute approximate surface area is 197 Å². The second-order valence-electron chi connectivity index (χ2n) is 7.79. The number of methoxy groups -OCH3 is 1.